The van der Waals surface area contributed by atoms with Crippen LogP contribution in [-0.4, -0.2) is 43.8 Å². The van der Waals surface area contributed by atoms with E-state index in [1.54, 1.807) is 37.3 Å². The van der Waals surface area contributed by atoms with E-state index in [-0.39, 0.29) is 29.8 Å². The molecule has 0 heterocycles. The number of amides is 2. The van der Waals surface area contributed by atoms with Gasteiger partial charge in [-0.25, -0.2) is 8.42 Å². The van der Waals surface area contributed by atoms with E-state index in [1.165, 1.54) is 17.0 Å². The molecule has 0 aliphatic rings. The van der Waals surface area contributed by atoms with Crippen molar-refractivity contribution in [2.45, 2.75) is 71.0 Å². The summed E-state index contributed by atoms with van der Waals surface area (Å²) < 4.78 is 29.7. The Labute approximate surface area is 278 Å². The fourth-order valence-electron chi connectivity index (χ4n) is 5.17. The van der Waals surface area contributed by atoms with Gasteiger partial charge in [0.1, 0.15) is 12.6 Å². The van der Waals surface area contributed by atoms with Crippen LogP contribution in [0.5, 0.6) is 0 Å². The van der Waals surface area contributed by atoms with Gasteiger partial charge in [-0.05, 0) is 80.6 Å². The third kappa shape index (κ3) is 8.56. The minimum atomic E-state index is -4.22. The van der Waals surface area contributed by atoms with E-state index in [0.717, 1.165) is 26.6 Å². The molecule has 2 atom stereocenters. The van der Waals surface area contributed by atoms with E-state index in [4.69, 9.17) is 11.6 Å². The maximum Gasteiger partial charge on any atom is 0.264 e. The number of benzene rings is 4. The summed E-state index contributed by atoms with van der Waals surface area (Å²) in [5, 5.41) is 3.40. The van der Waals surface area contributed by atoms with Crippen molar-refractivity contribution in [1.82, 2.24) is 10.2 Å². The molecule has 4 aromatic carbocycles. The zero-order valence-corrected chi connectivity index (χ0v) is 28.6. The normalized spacial score (nSPS) is 12.7. The third-order valence-corrected chi connectivity index (χ3v) is 10.2. The fraction of sp³-hybridized carbons (Fsp3) is 0.297. The maximum absolute atomic E-state index is 14.7. The molecule has 1 N–H and O–H groups in total. The molecule has 0 saturated heterocycles. The summed E-state index contributed by atoms with van der Waals surface area (Å²) in [6, 6.07) is 27.6. The van der Waals surface area contributed by atoms with Gasteiger partial charge in [0.25, 0.3) is 10.0 Å². The molecule has 0 spiro atoms. The highest BCUT2D eigenvalue weighted by molar-refractivity contribution is 7.92. The van der Waals surface area contributed by atoms with Gasteiger partial charge >= 0.3 is 0 Å². The van der Waals surface area contributed by atoms with Gasteiger partial charge in [0.15, 0.2) is 0 Å². The summed E-state index contributed by atoms with van der Waals surface area (Å²) in [6.07, 6.45) is 0.966. The average Bonchev–Trinajstić information content (AvgIpc) is 3.04. The van der Waals surface area contributed by atoms with Crippen molar-refractivity contribution in [3.63, 3.8) is 0 Å². The monoisotopic (exact) mass is 659 g/mol. The minimum absolute atomic E-state index is 0.0473. The fourth-order valence-corrected chi connectivity index (χ4v) is 6.80. The molecule has 0 saturated carbocycles. The van der Waals surface area contributed by atoms with Crippen LogP contribution in [0, 0.1) is 20.8 Å². The number of sulfonamides is 1. The Morgan fingerprint density at radius 3 is 2.15 bits per heavy atom. The van der Waals surface area contributed by atoms with Gasteiger partial charge in [-0.15, -0.1) is 0 Å². The van der Waals surface area contributed by atoms with Crippen molar-refractivity contribution in [3.05, 3.63) is 130 Å². The van der Waals surface area contributed by atoms with Crippen molar-refractivity contribution in [2.24, 2.45) is 0 Å². The number of carbonyl (C=O) groups is 2. The van der Waals surface area contributed by atoms with Crippen LogP contribution in [0.3, 0.4) is 0 Å². The average molecular weight is 660 g/mol. The second-order valence-electron chi connectivity index (χ2n) is 11.7. The molecule has 0 radical (unpaired) electrons. The van der Waals surface area contributed by atoms with Gasteiger partial charge < -0.3 is 10.2 Å². The Balaban J connectivity index is 1.85. The Bertz CT molecular complexity index is 1760. The first-order valence-electron chi connectivity index (χ1n) is 15.4. The molecule has 0 aliphatic carbocycles. The molecule has 4 aromatic rings. The van der Waals surface area contributed by atoms with E-state index >= 15 is 0 Å². The predicted molar refractivity (Wildman–Crippen MR) is 185 cm³/mol. The summed E-state index contributed by atoms with van der Waals surface area (Å²) in [5.74, 6) is -0.814. The molecule has 46 heavy (non-hydrogen) atoms. The predicted octanol–water partition coefficient (Wildman–Crippen LogP) is 7.02. The number of nitrogens with zero attached hydrogens (tertiary/aromatic N) is 2. The molecule has 2 amide bonds. The van der Waals surface area contributed by atoms with Crippen molar-refractivity contribution in [3.8, 4) is 0 Å². The van der Waals surface area contributed by atoms with E-state index < -0.39 is 28.5 Å². The lowest BCUT2D eigenvalue weighted by atomic mass is 10.0. The quantitative estimate of drug-likeness (QED) is 0.167. The van der Waals surface area contributed by atoms with Crippen LogP contribution in [0.4, 0.5) is 5.69 Å². The molecule has 0 fully saturated rings. The van der Waals surface area contributed by atoms with Gasteiger partial charge in [0.05, 0.1) is 10.6 Å². The second kappa shape index (κ2) is 15.4. The van der Waals surface area contributed by atoms with Crippen LogP contribution < -0.4 is 9.62 Å². The Hall–Kier alpha value is -4.14. The van der Waals surface area contributed by atoms with E-state index in [0.29, 0.717) is 22.7 Å². The first-order chi connectivity index (χ1) is 21.9. The molecule has 242 valence electrons. The van der Waals surface area contributed by atoms with Gasteiger partial charge in [0.2, 0.25) is 11.8 Å². The Morgan fingerprint density at radius 2 is 1.50 bits per heavy atom. The zero-order valence-electron chi connectivity index (χ0n) is 27.0. The van der Waals surface area contributed by atoms with Crippen molar-refractivity contribution >= 4 is 39.1 Å². The molecule has 4 rings (SSSR count). The van der Waals surface area contributed by atoms with E-state index in [1.807, 2.05) is 82.3 Å². The van der Waals surface area contributed by atoms with Crippen molar-refractivity contribution < 1.29 is 18.0 Å². The lowest BCUT2D eigenvalue weighted by molar-refractivity contribution is -0.140. The lowest BCUT2D eigenvalue weighted by Gasteiger charge is -2.35. The van der Waals surface area contributed by atoms with Gasteiger partial charge in [-0.3, -0.25) is 13.9 Å². The molecule has 7 nitrogen and oxygen atoms in total. The summed E-state index contributed by atoms with van der Waals surface area (Å²) in [5.41, 5.74) is 4.52. The summed E-state index contributed by atoms with van der Waals surface area (Å²) in [6.45, 7) is 9.08. The molecule has 2 unspecified atom stereocenters. The molecule has 9 heteroatoms. The highest BCUT2D eigenvalue weighted by atomic mass is 35.5. The van der Waals surface area contributed by atoms with Gasteiger partial charge in [0, 0.05) is 24.0 Å². The van der Waals surface area contributed by atoms with Crippen LogP contribution >= 0.6 is 11.6 Å². The molecular weight excluding hydrogens is 618 g/mol. The van der Waals surface area contributed by atoms with Crippen molar-refractivity contribution in [2.75, 3.05) is 10.8 Å². The van der Waals surface area contributed by atoms with Crippen LogP contribution in [0.15, 0.2) is 102 Å². The number of nitrogens with one attached hydrogen (secondary N) is 1. The standard InChI is InChI=1S/C37H42ClN3O4S/c1-6-29(5)39-37(43)35(22-30-13-8-7-9-14-30)40(24-31-15-11-10-12-27(31)3)36(42)25-41(34-23-32(38)19-18-28(34)4)46(44,45)33-20-16-26(2)17-21-33/h7-21,23,29,35H,6,22,24-25H2,1-5H3,(H,39,43). The third-order valence-electron chi connectivity index (χ3n) is 8.20. The Morgan fingerprint density at radius 1 is 0.848 bits per heavy atom. The summed E-state index contributed by atoms with van der Waals surface area (Å²) in [7, 11) is -4.22. The number of carbonyl (C=O) groups excluding carboxylic acids is 2. The number of aryl methyl sites for hydroxylation is 3. The number of halogens is 1. The minimum Gasteiger partial charge on any atom is -0.352 e. The van der Waals surface area contributed by atoms with E-state index in [2.05, 4.69) is 5.32 Å². The lowest BCUT2D eigenvalue weighted by Crippen LogP contribution is -2.54. The van der Waals surface area contributed by atoms with Crippen LogP contribution in [0.1, 0.15) is 48.1 Å². The van der Waals surface area contributed by atoms with E-state index in [9.17, 15) is 18.0 Å². The molecule has 0 aromatic heterocycles. The second-order valence-corrected chi connectivity index (χ2v) is 14.0. The Kier molecular flexibility index (Phi) is 11.7. The summed E-state index contributed by atoms with van der Waals surface area (Å²) in [4.78, 5) is 30.2. The number of hydrogen-bond donors (Lipinski definition) is 1. The summed E-state index contributed by atoms with van der Waals surface area (Å²) >= 11 is 6.38. The first kappa shape index (κ1) is 34.7. The highest BCUT2D eigenvalue weighted by Crippen LogP contribution is 2.30. The topological polar surface area (TPSA) is 86.8 Å². The number of anilines is 1. The van der Waals surface area contributed by atoms with Crippen LogP contribution in [0.2, 0.25) is 5.02 Å². The number of hydrogen-bond acceptors (Lipinski definition) is 4. The molecule has 0 aliphatic heterocycles. The maximum atomic E-state index is 14.7. The van der Waals surface area contributed by atoms with Crippen molar-refractivity contribution in [1.29, 1.82) is 0 Å². The first-order valence-corrected chi connectivity index (χ1v) is 17.3. The highest BCUT2D eigenvalue weighted by Gasteiger charge is 2.35. The largest absolute Gasteiger partial charge is 0.352 e. The molecule has 0 bridgehead atoms. The van der Waals surface area contributed by atoms with Gasteiger partial charge in [-0.2, -0.15) is 0 Å². The van der Waals surface area contributed by atoms with Crippen LogP contribution in [0.25, 0.3) is 0 Å². The van der Waals surface area contributed by atoms with Gasteiger partial charge in [-0.1, -0.05) is 96.9 Å². The zero-order chi connectivity index (χ0) is 33.4. The SMILES string of the molecule is CCC(C)NC(=O)C(Cc1ccccc1)N(Cc1ccccc1C)C(=O)CN(c1cc(Cl)ccc1C)S(=O)(=O)c1ccc(C)cc1. The smallest absolute Gasteiger partial charge is 0.264 e. The molecular formula is C37H42ClN3O4S. The number of rotatable bonds is 13. The van der Waals surface area contributed by atoms with Crippen LogP contribution in [-0.2, 0) is 32.6 Å².